The molecule has 0 bridgehead atoms. The first-order valence-corrected chi connectivity index (χ1v) is 10.1. The molecule has 0 aliphatic heterocycles. The van der Waals surface area contributed by atoms with Crippen molar-refractivity contribution in [1.29, 1.82) is 0 Å². The lowest BCUT2D eigenvalue weighted by Gasteiger charge is -2.08. The summed E-state index contributed by atoms with van der Waals surface area (Å²) in [6, 6.07) is 19.9. The Bertz CT molecular complexity index is 1560. The molecule has 5 rings (SSSR count). The standard InChI is InChI=1S/C24H19N5O3/c30-21-7-3-4-12-28(21)15-17-10-8-16(9-11-17)13-25-23(31)19-14-26-29-20-6-2-1-5-18(20)24(32)27-22(19)29/h1-12,14H,13,15H2,(H,25,31)(H,27,32). The van der Waals surface area contributed by atoms with Gasteiger partial charge in [0.25, 0.3) is 17.0 Å². The summed E-state index contributed by atoms with van der Waals surface area (Å²) in [5, 5.41) is 7.66. The van der Waals surface area contributed by atoms with E-state index in [9.17, 15) is 14.4 Å². The van der Waals surface area contributed by atoms with Gasteiger partial charge >= 0.3 is 0 Å². The van der Waals surface area contributed by atoms with Crippen LogP contribution in [-0.2, 0) is 13.1 Å². The molecule has 2 aromatic carbocycles. The number of para-hydroxylation sites is 1. The molecule has 0 radical (unpaired) electrons. The summed E-state index contributed by atoms with van der Waals surface area (Å²) < 4.78 is 3.19. The predicted octanol–water partition coefficient (Wildman–Crippen LogP) is 2.32. The number of fused-ring (bicyclic) bond motifs is 3. The third-order valence-electron chi connectivity index (χ3n) is 5.35. The van der Waals surface area contributed by atoms with E-state index in [1.165, 1.54) is 12.3 Å². The summed E-state index contributed by atoms with van der Waals surface area (Å²) >= 11 is 0. The van der Waals surface area contributed by atoms with E-state index in [1.807, 2.05) is 36.4 Å². The number of pyridine rings is 1. The first-order chi connectivity index (χ1) is 15.6. The molecule has 0 saturated heterocycles. The number of benzene rings is 2. The molecule has 0 fully saturated rings. The van der Waals surface area contributed by atoms with E-state index in [2.05, 4.69) is 15.4 Å². The lowest BCUT2D eigenvalue weighted by molar-refractivity contribution is 0.0952. The fourth-order valence-electron chi connectivity index (χ4n) is 3.67. The molecule has 32 heavy (non-hydrogen) atoms. The first kappa shape index (κ1) is 19.5. The molecule has 2 N–H and O–H groups in total. The van der Waals surface area contributed by atoms with Crippen molar-refractivity contribution in [2.75, 3.05) is 0 Å². The summed E-state index contributed by atoms with van der Waals surface area (Å²) in [6.45, 7) is 0.801. The van der Waals surface area contributed by atoms with Crippen molar-refractivity contribution in [2.45, 2.75) is 13.1 Å². The normalized spacial score (nSPS) is 11.1. The van der Waals surface area contributed by atoms with Crippen LogP contribution in [0.1, 0.15) is 21.5 Å². The second kappa shape index (κ2) is 7.99. The number of aromatic nitrogens is 4. The van der Waals surface area contributed by atoms with Gasteiger partial charge in [-0.05, 0) is 29.3 Å². The SMILES string of the molecule is O=C(NCc1ccc(Cn2ccccc2=O)cc1)c1cnn2c1[nH]c(=O)c1ccccc12. The summed E-state index contributed by atoms with van der Waals surface area (Å²) in [5.74, 6) is -0.328. The van der Waals surface area contributed by atoms with Gasteiger partial charge in [0.1, 0.15) is 11.2 Å². The zero-order valence-electron chi connectivity index (χ0n) is 17.0. The quantitative estimate of drug-likeness (QED) is 0.451. The number of carbonyl (C=O) groups is 1. The molecule has 0 unspecified atom stereocenters. The van der Waals surface area contributed by atoms with Crippen LogP contribution in [0.25, 0.3) is 16.6 Å². The lowest BCUT2D eigenvalue weighted by atomic mass is 10.1. The van der Waals surface area contributed by atoms with E-state index in [4.69, 9.17) is 0 Å². The topological polar surface area (TPSA) is 101 Å². The Morgan fingerprint density at radius 1 is 0.938 bits per heavy atom. The molecule has 0 spiro atoms. The minimum absolute atomic E-state index is 0.0527. The molecule has 5 aromatic rings. The summed E-state index contributed by atoms with van der Waals surface area (Å²) in [7, 11) is 0. The van der Waals surface area contributed by atoms with Gasteiger partial charge in [-0.1, -0.05) is 42.5 Å². The molecule has 3 aromatic heterocycles. The van der Waals surface area contributed by atoms with Crippen LogP contribution in [0.15, 0.2) is 88.7 Å². The number of hydrogen-bond acceptors (Lipinski definition) is 4. The third kappa shape index (κ3) is 3.58. The summed E-state index contributed by atoms with van der Waals surface area (Å²) in [6.07, 6.45) is 3.20. The highest BCUT2D eigenvalue weighted by Crippen LogP contribution is 2.14. The molecule has 0 atom stereocenters. The third-order valence-corrected chi connectivity index (χ3v) is 5.35. The Balaban J connectivity index is 1.32. The number of carbonyl (C=O) groups excluding carboxylic acids is 1. The maximum absolute atomic E-state index is 12.8. The molecule has 8 nitrogen and oxygen atoms in total. The Hall–Kier alpha value is -4.46. The van der Waals surface area contributed by atoms with Gasteiger partial charge in [-0.25, -0.2) is 4.52 Å². The number of nitrogens with one attached hydrogen (secondary N) is 2. The maximum Gasteiger partial charge on any atom is 0.259 e. The van der Waals surface area contributed by atoms with Crippen LogP contribution in [-0.4, -0.2) is 25.1 Å². The zero-order chi connectivity index (χ0) is 22.1. The van der Waals surface area contributed by atoms with Crippen LogP contribution in [0, 0.1) is 0 Å². The predicted molar refractivity (Wildman–Crippen MR) is 121 cm³/mol. The highest BCUT2D eigenvalue weighted by molar-refractivity contribution is 6.00. The second-order valence-electron chi connectivity index (χ2n) is 7.46. The minimum atomic E-state index is -0.328. The van der Waals surface area contributed by atoms with Crippen molar-refractivity contribution < 1.29 is 4.79 Å². The molecular formula is C24H19N5O3. The van der Waals surface area contributed by atoms with E-state index >= 15 is 0 Å². The van der Waals surface area contributed by atoms with Gasteiger partial charge in [-0.15, -0.1) is 0 Å². The van der Waals surface area contributed by atoms with E-state index in [-0.39, 0.29) is 17.0 Å². The van der Waals surface area contributed by atoms with Gasteiger partial charge < -0.3 is 14.9 Å². The van der Waals surface area contributed by atoms with E-state index in [1.54, 1.807) is 39.5 Å². The first-order valence-electron chi connectivity index (χ1n) is 10.1. The van der Waals surface area contributed by atoms with Crippen molar-refractivity contribution >= 4 is 22.5 Å². The molecule has 3 heterocycles. The van der Waals surface area contributed by atoms with Gasteiger partial charge in [-0.3, -0.25) is 14.4 Å². The molecule has 0 saturated carbocycles. The average Bonchev–Trinajstić information content (AvgIpc) is 3.24. The van der Waals surface area contributed by atoms with Gasteiger partial charge in [0.05, 0.1) is 23.6 Å². The van der Waals surface area contributed by atoms with Crippen LogP contribution < -0.4 is 16.4 Å². The number of rotatable bonds is 5. The van der Waals surface area contributed by atoms with Crippen LogP contribution in [0.4, 0.5) is 0 Å². The molecule has 8 heteroatoms. The van der Waals surface area contributed by atoms with Gasteiger partial charge in [0.2, 0.25) is 0 Å². The highest BCUT2D eigenvalue weighted by Gasteiger charge is 2.16. The molecule has 0 aliphatic carbocycles. The van der Waals surface area contributed by atoms with Crippen LogP contribution in [0.2, 0.25) is 0 Å². The van der Waals surface area contributed by atoms with Crippen LogP contribution in [0.5, 0.6) is 0 Å². The fourth-order valence-corrected chi connectivity index (χ4v) is 3.67. The van der Waals surface area contributed by atoms with E-state index in [0.717, 1.165) is 11.1 Å². The van der Waals surface area contributed by atoms with E-state index < -0.39 is 0 Å². The van der Waals surface area contributed by atoms with Crippen molar-refractivity contribution in [3.8, 4) is 0 Å². The molecular weight excluding hydrogens is 406 g/mol. The van der Waals surface area contributed by atoms with Gasteiger partial charge in [0.15, 0.2) is 0 Å². The smallest absolute Gasteiger partial charge is 0.259 e. The Labute approximate surface area is 181 Å². The number of H-pyrrole nitrogens is 1. The second-order valence-corrected chi connectivity index (χ2v) is 7.46. The average molecular weight is 425 g/mol. The van der Waals surface area contributed by atoms with E-state index in [0.29, 0.717) is 35.2 Å². The fraction of sp³-hybridized carbons (Fsp3) is 0.0833. The molecule has 1 amide bonds. The molecule has 0 aliphatic rings. The number of aromatic amines is 1. The van der Waals surface area contributed by atoms with Crippen molar-refractivity contribution in [3.05, 3.63) is 117 Å². The Kier molecular flexibility index (Phi) is 4.87. The summed E-state index contributed by atoms with van der Waals surface area (Å²) in [5.41, 5.74) is 2.87. The summed E-state index contributed by atoms with van der Waals surface area (Å²) in [4.78, 5) is 39.7. The maximum atomic E-state index is 12.8. The minimum Gasteiger partial charge on any atom is -0.348 e. The Morgan fingerprint density at radius 2 is 1.69 bits per heavy atom. The largest absolute Gasteiger partial charge is 0.348 e. The van der Waals surface area contributed by atoms with Gasteiger partial charge in [-0.2, -0.15) is 5.10 Å². The molecule has 158 valence electrons. The number of amides is 1. The van der Waals surface area contributed by atoms with Crippen molar-refractivity contribution in [2.24, 2.45) is 0 Å². The zero-order valence-corrected chi connectivity index (χ0v) is 17.0. The lowest BCUT2D eigenvalue weighted by Crippen LogP contribution is -2.23. The van der Waals surface area contributed by atoms with Gasteiger partial charge in [0, 0.05) is 18.8 Å². The van der Waals surface area contributed by atoms with Crippen LogP contribution >= 0.6 is 0 Å². The number of nitrogens with zero attached hydrogens (tertiary/aromatic N) is 3. The Morgan fingerprint density at radius 3 is 2.50 bits per heavy atom. The van der Waals surface area contributed by atoms with Crippen LogP contribution in [0.3, 0.4) is 0 Å². The highest BCUT2D eigenvalue weighted by atomic mass is 16.2. The monoisotopic (exact) mass is 425 g/mol. The van der Waals surface area contributed by atoms with Crippen molar-refractivity contribution in [3.63, 3.8) is 0 Å². The number of hydrogen-bond donors (Lipinski definition) is 2. The van der Waals surface area contributed by atoms with Crippen molar-refractivity contribution in [1.82, 2.24) is 24.5 Å².